The first-order valence-electron chi connectivity index (χ1n) is 8.68. The average molecular weight is 345 g/mol. The van der Waals surface area contributed by atoms with Crippen LogP contribution in [0.2, 0.25) is 0 Å². The lowest BCUT2D eigenvalue weighted by atomic mass is 9.97. The van der Waals surface area contributed by atoms with Gasteiger partial charge < -0.3 is 15.0 Å². The zero-order chi connectivity index (χ0) is 18.3. The Kier molecular flexibility index (Phi) is 6.56. The maximum Gasteiger partial charge on any atom is 0.410 e. The summed E-state index contributed by atoms with van der Waals surface area (Å²) in [6.45, 7) is 7.55. The molecule has 0 unspecified atom stereocenters. The first-order chi connectivity index (χ1) is 11.8. The van der Waals surface area contributed by atoms with Crippen LogP contribution in [0, 0.1) is 5.92 Å². The summed E-state index contributed by atoms with van der Waals surface area (Å²) in [7, 11) is 0. The van der Waals surface area contributed by atoms with Crippen LogP contribution in [-0.4, -0.2) is 47.1 Å². The van der Waals surface area contributed by atoms with Crippen molar-refractivity contribution >= 4 is 18.1 Å². The summed E-state index contributed by atoms with van der Waals surface area (Å²) in [5, 5.41) is 2.92. The van der Waals surface area contributed by atoms with Crippen molar-refractivity contribution in [1.82, 2.24) is 15.2 Å². The van der Waals surface area contributed by atoms with E-state index in [1.165, 1.54) is 6.08 Å². The molecule has 0 aliphatic carbocycles. The van der Waals surface area contributed by atoms with Gasteiger partial charge in [-0.15, -0.1) is 0 Å². The fourth-order valence-corrected chi connectivity index (χ4v) is 2.59. The van der Waals surface area contributed by atoms with E-state index >= 15 is 0 Å². The van der Waals surface area contributed by atoms with Crippen molar-refractivity contribution in [2.75, 3.05) is 19.6 Å². The predicted octanol–water partition coefficient (Wildman–Crippen LogP) is 2.86. The van der Waals surface area contributed by atoms with Gasteiger partial charge in [-0.05, 0) is 57.7 Å². The van der Waals surface area contributed by atoms with E-state index in [4.69, 9.17) is 4.74 Å². The summed E-state index contributed by atoms with van der Waals surface area (Å²) in [5.41, 5.74) is 0.283. The first-order valence-corrected chi connectivity index (χ1v) is 8.68. The zero-order valence-corrected chi connectivity index (χ0v) is 15.2. The second kappa shape index (κ2) is 8.65. The number of nitrogens with zero attached hydrogens (tertiary/aromatic N) is 2. The van der Waals surface area contributed by atoms with Crippen LogP contribution in [-0.2, 0) is 9.53 Å². The Morgan fingerprint density at radius 1 is 1.32 bits per heavy atom. The number of piperidine rings is 1. The molecular weight excluding hydrogens is 318 g/mol. The summed E-state index contributed by atoms with van der Waals surface area (Å²) in [5.74, 6) is 0.256. The molecule has 1 aromatic rings. The fourth-order valence-electron chi connectivity index (χ4n) is 2.59. The number of likely N-dealkylation sites (tertiary alicyclic amines) is 1. The monoisotopic (exact) mass is 345 g/mol. The molecule has 0 spiro atoms. The molecule has 136 valence electrons. The minimum Gasteiger partial charge on any atom is -0.444 e. The van der Waals surface area contributed by atoms with Crippen molar-refractivity contribution < 1.29 is 14.3 Å². The third-order valence-corrected chi connectivity index (χ3v) is 3.92. The van der Waals surface area contributed by atoms with E-state index in [2.05, 4.69) is 10.3 Å². The van der Waals surface area contributed by atoms with Gasteiger partial charge >= 0.3 is 6.09 Å². The molecule has 1 aliphatic rings. The van der Waals surface area contributed by atoms with Crippen LogP contribution >= 0.6 is 0 Å². The van der Waals surface area contributed by atoms with E-state index in [1.54, 1.807) is 17.2 Å². The number of carbonyl (C=O) groups excluding carboxylic acids is 2. The second-order valence-electron chi connectivity index (χ2n) is 7.24. The van der Waals surface area contributed by atoms with Gasteiger partial charge in [0.1, 0.15) is 5.60 Å². The molecule has 6 heteroatoms. The number of amides is 2. The van der Waals surface area contributed by atoms with Gasteiger partial charge in [0.25, 0.3) is 0 Å². The number of pyridine rings is 1. The van der Waals surface area contributed by atoms with Crippen molar-refractivity contribution in [2.24, 2.45) is 5.92 Å². The molecule has 0 atom stereocenters. The number of hydrogen-bond donors (Lipinski definition) is 1. The standard InChI is InChI=1S/C19H27N3O3/c1-19(2,3)25-18(24)22-12-9-15(10-13-22)14-21-17(23)8-7-16-6-4-5-11-20-16/h4-8,11,15H,9-10,12-14H2,1-3H3,(H,21,23). The van der Waals surface area contributed by atoms with Crippen LogP contribution in [0.1, 0.15) is 39.3 Å². The van der Waals surface area contributed by atoms with Gasteiger partial charge in [0.15, 0.2) is 0 Å². The van der Waals surface area contributed by atoms with E-state index < -0.39 is 5.60 Å². The third-order valence-electron chi connectivity index (χ3n) is 3.92. The molecule has 1 saturated heterocycles. The van der Waals surface area contributed by atoms with Crippen LogP contribution in [0.15, 0.2) is 30.5 Å². The van der Waals surface area contributed by atoms with Crippen molar-refractivity contribution in [2.45, 2.75) is 39.2 Å². The summed E-state index contributed by atoms with van der Waals surface area (Å²) in [4.78, 5) is 29.8. The Hall–Kier alpha value is -2.37. The molecule has 25 heavy (non-hydrogen) atoms. The van der Waals surface area contributed by atoms with Gasteiger partial charge in [-0.2, -0.15) is 0 Å². The topological polar surface area (TPSA) is 71.5 Å². The first kappa shape index (κ1) is 19.0. The van der Waals surface area contributed by atoms with Crippen molar-refractivity contribution in [3.63, 3.8) is 0 Å². The van der Waals surface area contributed by atoms with E-state index in [1.807, 2.05) is 39.0 Å². The number of carbonyl (C=O) groups is 2. The van der Waals surface area contributed by atoms with Crippen molar-refractivity contribution in [3.8, 4) is 0 Å². The Labute approximate surface area is 149 Å². The normalized spacial score (nSPS) is 16.0. The molecule has 0 radical (unpaired) electrons. The highest BCUT2D eigenvalue weighted by molar-refractivity contribution is 5.91. The van der Waals surface area contributed by atoms with Gasteiger partial charge in [-0.25, -0.2) is 4.79 Å². The number of nitrogens with one attached hydrogen (secondary N) is 1. The van der Waals surface area contributed by atoms with E-state index in [0.717, 1.165) is 18.5 Å². The molecule has 2 rings (SSSR count). The van der Waals surface area contributed by atoms with Crippen LogP contribution < -0.4 is 5.32 Å². The lowest BCUT2D eigenvalue weighted by Crippen LogP contribution is -2.43. The smallest absolute Gasteiger partial charge is 0.410 e. The molecule has 6 nitrogen and oxygen atoms in total. The minimum atomic E-state index is -0.470. The molecule has 1 N–H and O–H groups in total. The maximum atomic E-state index is 12.0. The fraction of sp³-hybridized carbons (Fsp3) is 0.526. The largest absolute Gasteiger partial charge is 0.444 e. The number of ether oxygens (including phenoxy) is 1. The molecule has 0 bridgehead atoms. The molecular formula is C19H27N3O3. The maximum absolute atomic E-state index is 12.0. The summed E-state index contributed by atoms with van der Waals surface area (Å²) in [6.07, 6.45) is 6.36. The Bertz CT molecular complexity index is 600. The molecule has 1 aliphatic heterocycles. The van der Waals surface area contributed by atoms with Gasteiger partial charge in [0.2, 0.25) is 5.91 Å². The quantitative estimate of drug-likeness (QED) is 0.852. The highest BCUT2D eigenvalue weighted by Crippen LogP contribution is 2.19. The Morgan fingerprint density at radius 3 is 2.64 bits per heavy atom. The molecule has 1 aromatic heterocycles. The highest BCUT2D eigenvalue weighted by Gasteiger charge is 2.26. The molecule has 2 amide bonds. The number of rotatable bonds is 4. The van der Waals surface area contributed by atoms with E-state index in [-0.39, 0.29) is 12.0 Å². The van der Waals surface area contributed by atoms with E-state index in [9.17, 15) is 9.59 Å². The van der Waals surface area contributed by atoms with Gasteiger partial charge in [-0.1, -0.05) is 6.07 Å². The number of aromatic nitrogens is 1. The van der Waals surface area contributed by atoms with Gasteiger partial charge in [-0.3, -0.25) is 9.78 Å². The third kappa shape index (κ3) is 6.95. The summed E-state index contributed by atoms with van der Waals surface area (Å²) < 4.78 is 5.39. The lowest BCUT2D eigenvalue weighted by molar-refractivity contribution is -0.116. The van der Waals surface area contributed by atoms with Crippen LogP contribution in [0.25, 0.3) is 6.08 Å². The predicted molar refractivity (Wildman–Crippen MR) is 96.8 cm³/mol. The van der Waals surface area contributed by atoms with Crippen LogP contribution in [0.3, 0.4) is 0 Å². The van der Waals surface area contributed by atoms with Crippen LogP contribution in [0.4, 0.5) is 4.79 Å². The highest BCUT2D eigenvalue weighted by atomic mass is 16.6. The molecule has 2 heterocycles. The number of hydrogen-bond acceptors (Lipinski definition) is 4. The SMILES string of the molecule is CC(C)(C)OC(=O)N1CCC(CNC(=O)C=Cc2ccccn2)CC1. The summed E-state index contributed by atoms with van der Waals surface area (Å²) >= 11 is 0. The molecule has 0 saturated carbocycles. The molecule has 0 aromatic carbocycles. The molecule has 1 fully saturated rings. The average Bonchev–Trinajstić information content (AvgIpc) is 2.58. The second-order valence-corrected chi connectivity index (χ2v) is 7.24. The van der Waals surface area contributed by atoms with Crippen LogP contribution in [0.5, 0.6) is 0 Å². The van der Waals surface area contributed by atoms with Gasteiger partial charge in [0.05, 0.1) is 5.69 Å². The summed E-state index contributed by atoms with van der Waals surface area (Å²) in [6, 6.07) is 5.56. The Morgan fingerprint density at radius 2 is 2.04 bits per heavy atom. The van der Waals surface area contributed by atoms with E-state index in [0.29, 0.717) is 25.6 Å². The van der Waals surface area contributed by atoms with Crippen molar-refractivity contribution in [3.05, 3.63) is 36.2 Å². The Balaban J connectivity index is 1.69. The lowest BCUT2D eigenvalue weighted by Gasteiger charge is -2.33. The zero-order valence-electron chi connectivity index (χ0n) is 15.2. The van der Waals surface area contributed by atoms with Gasteiger partial charge in [0, 0.05) is 31.9 Å². The minimum absolute atomic E-state index is 0.125. The van der Waals surface area contributed by atoms with Crippen molar-refractivity contribution in [1.29, 1.82) is 0 Å².